The van der Waals surface area contributed by atoms with Crippen molar-refractivity contribution in [3.63, 3.8) is 0 Å². The summed E-state index contributed by atoms with van der Waals surface area (Å²) in [6.07, 6.45) is 2.10. The number of anilines is 1. The van der Waals surface area contributed by atoms with Gasteiger partial charge in [-0.15, -0.1) is 4.98 Å². The molecule has 158 valence electrons. The topological polar surface area (TPSA) is 98.2 Å². The van der Waals surface area contributed by atoms with Gasteiger partial charge in [-0.25, -0.2) is 4.98 Å². The number of nitrogens with one attached hydrogen (secondary N) is 1. The van der Waals surface area contributed by atoms with Crippen LogP contribution in [-0.2, 0) is 13.0 Å². The zero-order valence-corrected chi connectivity index (χ0v) is 17.3. The molecule has 0 bridgehead atoms. The quantitative estimate of drug-likeness (QED) is 0.369. The van der Waals surface area contributed by atoms with Crippen LogP contribution >= 0.6 is 0 Å². The Hall–Kier alpha value is -4.38. The monoisotopic (exact) mass is 426 g/mol. The van der Waals surface area contributed by atoms with E-state index in [-0.39, 0.29) is 18.3 Å². The average Bonchev–Trinajstić information content (AvgIpc) is 2.78. The lowest BCUT2D eigenvalue weighted by Gasteiger charge is -2.10. The van der Waals surface area contributed by atoms with Crippen molar-refractivity contribution in [1.82, 2.24) is 20.3 Å². The van der Waals surface area contributed by atoms with Crippen molar-refractivity contribution in [3.05, 3.63) is 100 Å². The van der Waals surface area contributed by atoms with E-state index in [0.717, 1.165) is 22.2 Å². The highest BCUT2D eigenvalue weighted by Crippen LogP contribution is 2.20. The van der Waals surface area contributed by atoms with Crippen molar-refractivity contribution in [2.75, 3.05) is 5.73 Å². The number of aromatic nitrogens is 3. The summed E-state index contributed by atoms with van der Waals surface area (Å²) in [6, 6.07) is 14.2. The van der Waals surface area contributed by atoms with E-state index in [2.05, 4.69) is 25.1 Å². The van der Waals surface area contributed by atoms with Crippen LogP contribution in [0, 0.1) is 19.4 Å². The molecule has 0 fully saturated rings. The average molecular weight is 426 g/mol. The lowest BCUT2D eigenvalue weighted by atomic mass is 10.0. The Bertz CT molecular complexity index is 1360. The number of aryl methyl sites for hydroxylation is 1. The number of nitrogen functional groups attached to an aromatic ring is 1. The van der Waals surface area contributed by atoms with Gasteiger partial charge in [0.2, 0.25) is 5.95 Å². The number of fused-ring (bicyclic) bond motifs is 1. The third kappa shape index (κ3) is 4.52. The Morgan fingerprint density at radius 2 is 2.00 bits per heavy atom. The van der Waals surface area contributed by atoms with E-state index in [1.54, 1.807) is 37.4 Å². The summed E-state index contributed by atoms with van der Waals surface area (Å²) in [4.78, 5) is 28.2. The molecule has 0 aliphatic carbocycles. The van der Waals surface area contributed by atoms with E-state index in [9.17, 15) is 9.18 Å². The van der Waals surface area contributed by atoms with Crippen LogP contribution in [-0.4, -0.2) is 20.9 Å². The molecule has 8 heteroatoms. The Morgan fingerprint density at radius 3 is 2.78 bits per heavy atom. The summed E-state index contributed by atoms with van der Waals surface area (Å²) >= 11 is 0. The number of amides is 1. The van der Waals surface area contributed by atoms with Crippen LogP contribution in [0.4, 0.5) is 16.0 Å². The van der Waals surface area contributed by atoms with Crippen LogP contribution in [0.25, 0.3) is 15.7 Å². The van der Waals surface area contributed by atoms with Crippen molar-refractivity contribution < 1.29 is 9.18 Å². The van der Waals surface area contributed by atoms with Gasteiger partial charge in [0.05, 0.1) is 0 Å². The first-order chi connectivity index (χ1) is 15.4. The number of hydrogen-bond acceptors (Lipinski definition) is 5. The van der Waals surface area contributed by atoms with E-state index in [1.165, 1.54) is 0 Å². The summed E-state index contributed by atoms with van der Waals surface area (Å²) in [6.45, 7) is 8.79. The fourth-order valence-electron chi connectivity index (χ4n) is 3.43. The number of pyridine rings is 3. The lowest BCUT2D eigenvalue weighted by molar-refractivity contribution is 0.0950. The van der Waals surface area contributed by atoms with Crippen LogP contribution in [0.5, 0.6) is 0 Å². The van der Waals surface area contributed by atoms with Gasteiger partial charge in [-0.3, -0.25) is 9.78 Å². The molecule has 1 aromatic carbocycles. The van der Waals surface area contributed by atoms with E-state index >= 15 is 0 Å². The second kappa shape index (κ2) is 8.78. The molecule has 0 spiro atoms. The predicted octanol–water partition coefficient (Wildman–Crippen LogP) is 4.13. The van der Waals surface area contributed by atoms with Gasteiger partial charge in [0, 0.05) is 41.4 Å². The summed E-state index contributed by atoms with van der Waals surface area (Å²) in [7, 11) is 0. The Kier molecular flexibility index (Phi) is 5.73. The zero-order valence-electron chi connectivity index (χ0n) is 17.3. The standard InChI is InChI=1S/C24H19FN6O/c1-14-9-21(26)31-23(25)19(14)13-29-24(32)17-7-8-28-18(12-17)11-15-3-5-20-16(10-15)4-6-22(27-2)30-20/h3-10,12H,11,13H2,1H3,(H2,26,31)(H,29,32). The minimum absolute atomic E-state index is 0.00566. The van der Waals surface area contributed by atoms with Crippen LogP contribution in [0.15, 0.2) is 54.7 Å². The predicted molar refractivity (Wildman–Crippen MR) is 120 cm³/mol. The van der Waals surface area contributed by atoms with Gasteiger partial charge in [-0.1, -0.05) is 18.7 Å². The van der Waals surface area contributed by atoms with Crippen LogP contribution in [0.2, 0.25) is 0 Å². The summed E-state index contributed by atoms with van der Waals surface area (Å²) < 4.78 is 14.1. The van der Waals surface area contributed by atoms with Gasteiger partial charge in [-0.2, -0.15) is 4.39 Å². The van der Waals surface area contributed by atoms with Gasteiger partial charge in [0.15, 0.2) is 5.52 Å². The second-order valence-corrected chi connectivity index (χ2v) is 7.34. The molecular formula is C24H19FN6O. The number of halogens is 1. The normalized spacial score (nSPS) is 10.7. The van der Waals surface area contributed by atoms with Crippen LogP contribution < -0.4 is 11.1 Å². The molecular weight excluding hydrogens is 407 g/mol. The molecule has 32 heavy (non-hydrogen) atoms. The fraction of sp³-hybridized carbons (Fsp3) is 0.125. The largest absolute Gasteiger partial charge is 0.384 e. The Morgan fingerprint density at radius 1 is 1.16 bits per heavy atom. The molecule has 4 rings (SSSR count). The van der Waals surface area contributed by atoms with Crippen molar-refractivity contribution in [3.8, 4) is 0 Å². The maximum atomic E-state index is 14.1. The molecule has 3 aromatic heterocycles. The number of rotatable bonds is 5. The number of carbonyl (C=O) groups is 1. The molecule has 7 nitrogen and oxygen atoms in total. The van der Waals surface area contributed by atoms with Crippen LogP contribution in [0.3, 0.4) is 0 Å². The molecule has 0 saturated carbocycles. The van der Waals surface area contributed by atoms with E-state index < -0.39 is 5.95 Å². The van der Waals surface area contributed by atoms with Crippen molar-refractivity contribution >= 4 is 28.4 Å². The molecule has 0 radical (unpaired) electrons. The molecule has 1 amide bonds. The van der Waals surface area contributed by atoms with Crippen molar-refractivity contribution in [2.45, 2.75) is 19.9 Å². The Balaban J connectivity index is 1.48. The number of carbonyl (C=O) groups excluding carboxylic acids is 1. The third-order valence-electron chi connectivity index (χ3n) is 5.06. The fourth-order valence-corrected chi connectivity index (χ4v) is 3.43. The number of hydrogen-bond donors (Lipinski definition) is 2. The lowest BCUT2D eigenvalue weighted by Crippen LogP contribution is -2.24. The summed E-state index contributed by atoms with van der Waals surface area (Å²) in [5, 5.41) is 3.65. The van der Waals surface area contributed by atoms with Gasteiger partial charge in [-0.05, 0) is 54.4 Å². The van der Waals surface area contributed by atoms with Gasteiger partial charge >= 0.3 is 0 Å². The third-order valence-corrected chi connectivity index (χ3v) is 5.06. The summed E-state index contributed by atoms with van der Waals surface area (Å²) in [5.74, 6) is -0.563. The SMILES string of the molecule is [C-]#[N+]c1ccc2cc(Cc3cc(C(=O)NCc4c(C)cc(N)nc4F)ccn3)ccc2n1. The number of benzene rings is 1. The molecule has 0 saturated heterocycles. The van der Waals surface area contributed by atoms with E-state index in [4.69, 9.17) is 12.3 Å². The molecule has 3 heterocycles. The highest BCUT2D eigenvalue weighted by Gasteiger charge is 2.13. The smallest absolute Gasteiger partial charge is 0.270 e. The molecule has 0 aliphatic heterocycles. The number of nitrogens with two attached hydrogens (primary N) is 1. The van der Waals surface area contributed by atoms with Gasteiger partial charge in [0.1, 0.15) is 5.82 Å². The van der Waals surface area contributed by atoms with Crippen molar-refractivity contribution in [2.24, 2.45) is 0 Å². The molecule has 3 N–H and O–H groups in total. The highest BCUT2D eigenvalue weighted by atomic mass is 19.1. The first-order valence-corrected chi connectivity index (χ1v) is 9.84. The first kappa shape index (κ1) is 20.9. The Labute approximate surface area is 184 Å². The maximum Gasteiger partial charge on any atom is 0.270 e. The minimum atomic E-state index is -0.687. The molecule has 0 atom stereocenters. The zero-order chi connectivity index (χ0) is 22.7. The van der Waals surface area contributed by atoms with Crippen LogP contribution in [0.1, 0.15) is 32.7 Å². The van der Waals surface area contributed by atoms with Gasteiger partial charge in [0.25, 0.3) is 11.7 Å². The second-order valence-electron chi connectivity index (χ2n) is 7.34. The summed E-state index contributed by atoms with van der Waals surface area (Å²) in [5.41, 5.74) is 9.37. The molecule has 0 unspecified atom stereocenters. The first-order valence-electron chi connectivity index (χ1n) is 9.84. The number of nitrogens with zero attached hydrogens (tertiary/aromatic N) is 4. The van der Waals surface area contributed by atoms with Gasteiger partial charge < -0.3 is 15.9 Å². The molecule has 4 aromatic rings. The van der Waals surface area contributed by atoms with E-state index in [1.807, 2.05) is 24.3 Å². The molecule has 0 aliphatic rings. The van der Waals surface area contributed by atoms with Crippen molar-refractivity contribution in [1.29, 1.82) is 0 Å². The van der Waals surface area contributed by atoms with E-state index in [0.29, 0.717) is 28.9 Å². The maximum absolute atomic E-state index is 14.1. The minimum Gasteiger partial charge on any atom is -0.384 e. The highest BCUT2D eigenvalue weighted by molar-refractivity contribution is 5.94.